The average molecular weight is 304 g/mol. The Morgan fingerprint density at radius 1 is 1.32 bits per heavy atom. The first-order chi connectivity index (χ1) is 10.6. The maximum absolute atomic E-state index is 12.3. The number of hydrogen-bond donors (Lipinski definition) is 0. The summed E-state index contributed by atoms with van der Waals surface area (Å²) < 4.78 is 5.71. The first-order valence-electron chi connectivity index (χ1n) is 8.24. The minimum Gasteiger partial charge on any atom is -0.492 e. The lowest BCUT2D eigenvalue weighted by molar-refractivity contribution is -0.135. The quantitative estimate of drug-likeness (QED) is 0.810. The van der Waals surface area contributed by atoms with Crippen LogP contribution in [0.1, 0.15) is 31.7 Å². The normalized spacial score (nSPS) is 18.5. The highest BCUT2D eigenvalue weighted by atomic mass is 16.5. The molecule has 1 aliphatic heterocycles. The Morgan fingerprint density at radius 2 is 2.05 bits per heavy atom. The molecule has 1 aliphatic rings. The van der Waals surface area contributed by atoms with Gasteiger partial charge >= 0.3 is 0 Å². The zero-order valence-electron chi connectivity index (χ0n) is 14.0. The van der Waals surface area contributed by atoms with E-state index in [-0.39, 0.29) is 5.91 Å². The summed E-state index contributed by atoms with van der Waals surface area (Å²) in [6.45, 7) is 6.95. The lowest BCUT2D eigenvalue weighted by Gasteiger charge is -2.34. The lowest BCUT2D eigenvalue weighted by atomic mass is 10.0. The number of likely N-dealkylation sites (tertiary alicyclic amines) is 1. The van der Waals surface area contributed by atoms with Crippen LogP contribution in [0.2, 0.25) is 0 Å². The third-order valence-corrected chi connectivity index (χ3v) is 4.29. The summed E-state index contributed by atoms with van der Waals surface area (Å²) in [5.41, 5.74) is 1.23. The number of benzene rings is 1. The highest BCUT2D eigenvalue weighted by Crippen LogP contribution is 2.16. The molecule has 1 aromatic carbocycles. The zero-order valence-corrected chi connectivity index (χ0v) is 14.0. The number of likely N-dealkylation sites (N-methyl/N-ethyl adjacent to an activating group) is 1. The molecular weight excluding hydrogens is 276 g/mol. The van der Waals surface area contributed by atoms with Gasteiger partial charge in [0.2, 0.25) is 5.91 Å². The van der Waals surface area contributed by atoms with Crippen molar-refractivity contribution >= 4 is 5.91 Å². The lowest BCUT2D eigenvalue weighted by Crippen LogP contribution is -2.46. The molecule has 0 radical (unpaired) electrons. The Bertz CT molecular complexity index is 472. The van der Waals surface area contributed by atoms with E-state index in [0.717, 1.165) is 31.7 Å². The molecule has 0 spiro atoms. The van der Waals surface area contributed by atoms with Crippen molar-refractivity contribution < 1.29 is 9.53 Å². The van der Waals surface area contributed by atoms with Crippen molar-refractivity contribution in [3.05, 3.63) is 29.8 Å². The highest BCUT2D eigenvalue weighted by Gasteiger charge is 2.23. The van der Waals surface area contributed by atoms with Gasteiger partial charge in [-0.3, -0.25) is 9.69 Å². The van der Waals surface area contributed by atoms with Crippen molar-refractivity contribution in [3.63, 3.8) is 0 Å². The molecule has 2 rings (SSSR count). The zero-order chi connectivity index (χ0) is 15.9. The largest absolute Gasteiger partial charge is 0.492 e. The molecule has 0 aliphatic carbocycles. The fourth-order valence-electron chi connectivity index (χ4n) is 2.82. The molecule has 4 heteroatoms. The molecule has 4 nitrogen and oxygen atoms in total. The van der Waals surface area contributed by atoms with Crippen LogP contribution < -0.4 is 4.74 Å². The van der Waals surface area contributed by atoms with E-state index in [1.165, 1.54) is 12.0 Å². The Kier molecular flexibility index (Phi) is 6.25. The van der Waals surface area contributed by atoms with Gasteiger partial charge in [-0.05, 0) is 52.3 Å². The van der Waals surface area contributed by atoms with Gasteiger partial charge < -0.3 is 9.64 Å². The molecular formula is C18H28N2O2. The molecule has 0 aromatic heterocycles. The number of nitrogens with zero attached hydrogens (tertiary/aromatic N) is 2. The fraction of sp³-hybridized carbons (Fsp3) is 0.611. The summed E-state index contributed by atoms with van der Waals surface area (Å²) in [4.78, 5) is 16.4. The van der Waals surface area contributed by atoms with Gasteiger partial charge in [-0.15, -0.1) is 0 Å². The predicted octanol–water partition coefficient (Wildman–Crippen LogP) is 2.71. The van der Waals surface area contributed by atoms with Crippen LogP contribution in [0.15, 0.2) is 24.3 Å². The summed E-state index contributed by atoms with van der Waals surface area (Å²) in [6.07, 6.45) is 3.51. The van der Waals surface area contributed by atoms with Gasteiger partial charge in [0.15, 0.2) is 0 Å². The van der Waals surface area contributed by atoms with E-state index < -0.39 is 0 Å². The van der Waals surface area contributed by atoms with E-state index in [1.54, 1.807) is 0 Å². The van der Waals surface area contributed by atoms with E-state index in [0.29, 0.717) is 19.2 Å². The maximum atomic E-state index is 12.3. The number of ether oxygens (including phenoxy) is 1. The maximum Gasteiger partial charge on any atom is 0.236 e. The fourth-order valence-corrected chi connectivity index (χ4v) is 2.82. The Hall–Kier alpha value is -1.55. The van der Waals surface area contributed by atoms with E-state index >= 15 is 0 Å². The second kappa shape index (κ2) is 8.18. The monoisotopic (exact) mass is 304 g/mol. The SMILES string of the molecule is Cc1ccc(OCCN(C)CC(=O)N2CCCCC2C)cc1. The van der Waals surface area contributed by atoms with Crippen molar-refractivity contribution in [1.29, 1.82) is 0 Å². The number of carbonyl (C=O) groups excluding carboxylic acids is 1. The first kappa shape index (κ1) is 16.8. The van der Waals surface area contributed by atoms with Gasteiger partial charge in [-0.25, -0.2) is 0 Å². The van der Waals surface area contributed by atoms with Gasteiger partial charge in [0, 0.05) is 19.1 Å². The topological polar surface area (TPSA) is 32.8 Å². The standard InChI is InChI=1S/C18H28N2O2/c1-15-7-9-17(10-8-15)22-13-12-19(3)14-18(21)20-11-5-4-6-16(20)2/h7-10,16H,4-6,11-14H2,1-3H3. The summed E-state index contributed by atoms with van der Waals surface area (Å²) >= 11 is 0. The van der Waals surface area contributed by atoms with Crippen molar-refractivity contribution in [3.8, 4) is 5.75 Å². The van der Waals surface area contributed by atoms with Crippen LogP contribution in [0.5, 0.6) is 5.75 Å². The minimum atomic E-state index is 0.241. The molecule has 1 unspecified atom stereocenters. The molecule has 1 saturated heterocycles. The van der Waals surface area contributed by atoms with Gasteiger partial charge in [0.05, 0.1) is 6.54 Å². The predicted molar refractivity (Wildman–Crippen MR) is 89.2 cm³/mol. The van der Waals surface area contributed by atoms with E-state index in [4.69, 9.17) is 4.74 Å². The van der Waals surface area contributed by atoms with Crippen LogP contribution in [0, 0.1) is 6.92 Å². The number of carbonyl (C=O) groups is 1. The second-order valence-electron chi connectivity index (χ2n) is 6.33. The van der Waals surface area contributed by atoms with Crippen molar-refractivity contribution in [2.45, 2.75) is 39.2 Å². The van der Waals surface area contributed by atoms with Crippen LogP contribution in [0.25, 0.3) is 0 Å². The molecule has 0 N–H and O–H groups in total. The van der Waals surface area contributed by atoms with Gasteiger partial charge in [-0.2, -0.15) is 0 Å². The van der Waals surface area contributed by atoms with E-state index in [2.05, 4.69) is 13.8 Å². The van der Waals surface area contributed by atoms with Gasteiger partial charge in [0.25, 0.3) is 0 Å². The van der Waals surface area contributed by atoms with Crippen LogP contribution >= 0.6 is 0 Å². The summed E-state index contributed by atoms with van der Waals surface area (Å²) in [7, 11) is 1.98. The average Bonchev–Trinajstić information content (AvgIpc) is 2.49. The molecule has 1 heterocycles. The highest BCUT2D eigenvalue weighted by molar-refractivity contribution is 5.78. The van der Waals surface area contributed by atoms with Crippen molar-refractivity contribution in [2.75, 3.05) is 33.3 Å². The van der Waals surface area contributed by atoms with Crippen LogP contribution in [0.4, 0.5) is 0 Å². The molecule has 1 amide bonds. The summed E-state index contributed by atoms with van der Waals surface area (Å²) in [5.74, 6) is 1.13. The van der Waals surface area contributed by atoms with E-state index in [1.807, 2.05) is 41.1 Å². The minimum absolute atomic E-state index is 0.241. The molecule has 1 aromatic rings. The Morgan fingerprint density at radius 3 is 2.73 bits per heavy atom. The third kappa shape index (κ3) is 5.02. The van der Waals surface area contributed by atoms with Crippen molar-refractivity contribution in [1.82, 2.24) is 9.80 Å². The van der Waals surface area contributed by atoms with Crippen LogP contribution in [-0.4, -0.2) is 55.0 Å². The Balaban J connectivity index is 1.69. The number of hydrogen-bond acceptors (Lipinski definition) is 3. The number of amides is 1. The number of rotatable bonds is 6. The van der Waals surface area contributed by atoms with Gasteiger partial charge in [-0.1, -0.05) is 17.7 Å². The smallest absolute Gasteiger partial charge is 0.236 e. The third-order valence-electron chi connectivity index (χ3n) is 4.29. The summed E-state index contributed by atoms with van der Waals surface area (Å²) in [5, 5.41) is 0. The molecule has 0 bridgehead atoms. The molecule has 22 heavy (non-hydrogen) atoms. The van der Waals surface area contributed by atoms with Gasteiger partial charge in [0.1, 0.15) is 12.4 Å². The number of piperidine rings is 1. The molecule has 0 saturated carbocycles. The number of aryl methyl sites for hydroxylation is 1. The summed E-state index contributed by atoms with van der Waals surface area (Å²) in [6, 6.07) is 8.44. The first-order valence-corrected chi connectivity index (χ1v) is 8.24. The molecule has 122 valence electrons. The molecule has 1 atom stereocenters. The molecule has 1 fully saturated rings. The van der Waals surface area contributed by atoms with E-state index in [9.17, 15) is 4.79 Å². The van der Waals surface area contributed by atoms with Crippen LogP contribution in [-0.2, 0) is 4.79 Å². The van der Waals surface area contributed by atoms with Crippen LogP contribution in [0.3, 0.4) is 0 Å². The van der Waals surface area contributed by atoms with Crippen molar-refractivity contribution in [2.24, 2.45) is 0 Å². The second-order valence-corrected chi connectivity index (χ2v) is 6.33. The Labute approximate surface area is 134 Å².